The van der Waals surface area contributed by atoms with Crippen molar-refractivity contribution in [2.45, 2.75) is 25.8 Å². The molecular formula is C12H20N4. The first-order valence-electron chi connectivity index (χ1n) is 6.33. The van der Waals surface area contributed by atoms with E-state index in [1.54, 1.807) is 0 Å². The Morgan fingerprint density at radius 3 is 2.75 bits per heavy atom. The molecule has 3 heterocycles. The van der Waals surface area contributed by atoms with Crippen LogP contribution in [0.25, 0.3) is 0 Å². The highest BCUT2D eigenvalue weighted by molar-refractivity contribution is 5.45. The molecule has 4 nitrogen and oxygen atoms in total. The van der Waals surface area contributed by atoms with Crippen molar-refractivity contribution in [3.8, 4) is 0 Å². The first-order chi connectivity index (χ1) is 7.83. The Kier molecular flexibility index (Phi) is 2.59. The van der Waals surface area contributed by atoms with E-state index in [2.05, 4.69) is 33.1 Å². The van der Waals surface area contributed by atoms with Gasteiger partial charge in [0.2, 0.25) is 0 Å². The fraction of sp³-hybridized carbons (Fsp3) is 0.750. The second-order valence-corrected chi connectivity index (χ2v) is 5.17. The molecule has 0 aromatic carbocycles. The summed E-state index contributed by atoms with van der Waals surface area (Å²) in [5.74, 6) is 0.849. The number of nitrogens with one attached hydrogen (secondary N) is 1. The van der Waals surface area contributed by atoms with Crippen molar-refractivity contribution in [1.29, 1.82) is 0 Å². The monoisotopic (exact) mass is 220 g/mol. The SMILES string of the molecule is CC1CN(c2cnn(C3CCNCC3)c2)C1. The van der Waals surface area contributed by atoms with Gasteiger partial charge in [0.1, 0.15) is 0 Å². The van der Waals surface area contributed by atoms with Gasteiger partial charge in [0.25, 0.3) is 0 Å². The third-order valence-electron chi connectivity index (χ3n) is 3.70. The number of anilines is 1. The molecule has 0 radical (unpaired) electrons. The van der Waals surface area contributed by atoms with Gasteiger partial charge in [-0.05, 0) is 31.8 Å². The molecule has 16 heavy (non-hydrogen) atoms. The molecule has 1 aromatic rings. The molecule has 0 amide bonds. The molecule has 0 saturated carbocycles. The van der Waals surface area contributed by atoms with Crippen LogP contribution in [-0.4, -0.2) is 36.0 Å². The summed E-state index contributed by atoms with van der Waals surface area (Å²) in [7, 11) is 0. The van der Waals surface area contributed by atoms with E-state index in [1.807, 2.05) is 6.20 Å². The summed E-state index contributed by atoms with van der Waals surface area (Å²) in [6.07, 6.45) is 6.66. The van der Waals surface area contributed by atoms with Crippen LogP contribution in [0.5, 0.6) is 0 Å². The minimum absolute atomic E-state index is 0.605. The summed E-state index contributed by atoms with van der Waals surface area (Å²) in [5.41, 5.74) is 1.30. The maximum atomic E-state index is 4.52. The van der Waals surface area contributed by atoms with E-state index >= 15 is 0 Å². The molecule has 0 atom stereocenters. The number of nitrogens with zero attached hydrogens (tertiary/aromatic N) is 3. The lowest BCUT2D eigenvalue weighted by Gasteiger charge is -2.38. The average molecular weight is 220 g/mol. The Hall–Kier alpha value is -1.03. The number of piperidine rings is 1. The van der Waals surface area contributed by atoms with Gasteiger partial charge >= 0.3 is 0 Å². The highest BCUT2D eigenvalue weighted by atomic mass is 15.3. The van der Waals surface area contributed by atoms with Crippen molar-refractivity contribution in [3.05, 3.63) is 12.4 Å². The average Bonchev–Trinajstić information content (AvgIpc) is 2.75. The molecule has 0 bridgehead atoms. The van der Waals surface area contributed by atoms with Crippen LogP contribution in [0.1, 0.15) is 25.8 Å². The summed E-state index contributed by atoms with van der Waals surface area (Å²) >= 11 is 0. The molecule has 0 unspecified atom stereocenters. The van der Waals surface area contributed by atoms with Crippen molar-refractivity contribution < 1.29 is 0 Å². The molecular weight excluding hydrogens is 200 g/mol. The second-order valence-electron chi connectivity index (χ2n) is 5.17. The molecule has 2 aliphatic heterocycles. The van der Waals surface area contributed by atoms with Crippen LogP contribution < -0.4 is 10.2 Å². The van der Waals surface area contributed by atoms with Crippen LogP contribution in [0.4, 0.5) is 5.69 Å². The van der Waals surface area contributed by atoms with Crippen molar-refractivity contribution in [2.24, 2.45) is 5.92 Å². The van der Waals surface area contributed by atoms with Crippen LogP contribution in [0.3, 0.4) is 0 Å². The zero-order chi connectivity index (χ0) is 11.0. The van der Waals surface area contributed by atoms with Gasteiger partial charge in [-0.15, -0.1) is 0 Å². The lowest BCUT2D eigenvalue weighted by atomic mass is 10.0. The predicted molar refractivity (Wildman–Crippen MR) is 64.7 cm³/mol. The van der Waals surface area contributed by atoms with Gasteiger partial charge in [0.15, 0.2) is 0 Å². The normalized spacial score (nSPS) is 23.4. The van der Waals surface area contributed by atoms with E-state index in [1.165, 1.54) is 31.6 Å². The number of aromatic nitrogens is 2. The first kappa shape index (κ1) is 10.1. The van der Waals surface area contributed by atoms with Gasteiger partial charge in [-0.1, -0.05) is 6.92 Å². The number of rotatable bonds is 2. The second kappa shape index (κ2) is 4.09. The predicted octanol–water partition coefficient (Wildman–Crippen LogP) is 1.26. The summed E-state index contributed by atoms with van der Waals surface area (Å²) in [4.78, 5) is 2.41. The van der Waals surface area contributed by atoms with E-state index in [0.29, 0.717) is 6.04 Å². The maximum absolute atomic E-state index is 4.52. The van der Waals surface area contributed by atoms with Crippen LogP contribution in [-0.2, 0) is 0 Å². The Bertz CT molecular complexity index is 348. The quantitative estimate of drug-likeness (QED) is 0.814. The molecule has 0 aliphatic carbocycles. The fourth-order valence-corrected chi connectivity index (χ4v) is 2.67. The summed E-state index contributed by atoms with van der Waals surface area (Å²) in [6, 6.07) is 0.605. The minimum Gasteiger partial charge on any atom is -0.368 e. The molecule has 3 rings (SSSR count). The molecule has 1 aromatic heterocycles. The largest absolute Gasteiger partial charge is 0.368 e. The van der Waals surface area contributed by atoms with Gasteiger partial charge in [-0.3, -0.25) is 4.68 Å². The van der Waals surface area contributed by atoms with Gasteiger partial charge in [0, 0.05) is 19.3 Å². The van der Waals surface area contributed by atoms with Gasteiger partial charge < -0.3 is 10.2 Å². The van der Waals surface area contributed by atoms with E-state index in [-0.39, 0.29) is 0 Å². The zero-order valence-electron chi connectivity index (χ0n) is 9.89. The van der Waals surface area contributed by atoms with Crippen molar-refractivity contribution in [2.75, 3.05) is 31.1 Å². The molecule has 2 aliphatic rings. The van der Waals surface area contributed by atoms with Crippen LogP contribution >= 0.6 is 0 Å². The maximum Gasteiger partial charge on any atom is 0.0752 e. The minimum atomic E-state index is 0.605. The van der Waals surface area contributed by atoms with Crippen molar-refractivity contribution >= 4 is 5.69 Å². The topological polar surface area (TPSA) is 33.1 Å². The van der Waals surface area contributed by atoms with Crippen molar-refractivity contribution in [3.63, 3.8) is 0 Å². The van der Waals surface area contributed by atoms with E-state index < -0.39 is 0 Å². The Morgan fingerprint density at radius 2 is 2.06 bits per heavy atom. The lowest BCUT2D eigenvalue weighted by molar-refractivity contribution is 0.343. The molecule has 1 N–H and O–H groups in total. The molecule has 2 saturated heterocycles. The van der Waals surface area contributed by atoms with Crippen LogP contribution in [0.2, 0.25) is 0 Å². The summed E-state index contributed by atoms with van der Waals surface area (Å²) in [5, 5.41) is 7.91. The third kappa shape index (κ3) is 1.82. The molecule has 0 spiro atoms. The number of hydrogen-bond donors (Lipinski definition) is 1. The van der Waals surface area contributed by atoms with E-state index in [9.17, 15) is 0 Å². The third-order valence-corrected chi connectivity index (χ3v) is 3.70. The molecule has 2 fully saturated rings. The van der Waals surface area contributed by atoms with Crippen LogP contribution in [0.15, 0.2) is 12.4 Å². The lowest BCUT2D eigenvalue weighted by Crippen LogP contribution is -2.45. The first-order valence-corrected chi connectivity index (χ1v) is 6.33. The van der Waals surface area contributed by atoms with E-state index in [4.69, 9.17) is 0 Å². The van der Waals surface area contributed by atoms with Gasteiger partial charge in [-0.2, -0.15) is 5.10 Å². The Morgan fingerprint density at radius 1 is 1.31 bits per heavy atom. The van der Waals surface area contributed by atoms with E-state index in [0.717, 1.165) is 19.0 Å². The number of hydrogen-bond acceptors (Lipinski definition) is 3. The standard InChI is InChI=1S/C12H20N4/c1-10-7-15(8-10)12-6-14-16(9-12)11-2-4-13-5-3-11/h6,9-11,13H,2-5,7-8H2,1H3. The highest BCUT2D eigenvalue weighted by Gasteiger charge is 2.24. The smallest absolute Gasteiger partial charge is 0.0752 e. The zero-order valence-corrected chi connectivity index (χ0v) is 9.89. The Labute approximate surface area is 96.6 Å². The Balaban J connectivity index is 1.67. The fourth-order valence-electron chi connectivity index (χ4n) is 2.67. The molecule has 88 valence electrons. The van der Waals surface area contributed by atoms with Crippen LogP contribution in [0, 0.1) is 5.92 Å². The van der Waals surface area contributed by atoms with Gasteiger partial charge in [-0.25, -0.2) is 0 Å². The molecule has 4 heteroatoms. The summed E-state index contributed by atoms with van der Waals surface area (Å²) < 4.78 is 2.17. The van der Waals surface area contributed by atoms with Crippen molar-refractivity contribution in [1.82, 2.24) is 15.1 Å². The summed E-state index contributed by atoms with van der Waals surface area (Å²) in [6.45, 7) is 6.94. The highest BCUT2D eigenvalue weighted by Crippen LogP contribution is 2.26. The van der Waals surface area contributed by atoms with Gasteiger partial charge in [0.05, 0.1) is 17.9 Å².